The van der Waals surface area contributed by atoms with Crippen LogP contribution in [0.5, 0.6) is 0 Å². The maximum atomic E-state index is 13.1. The number of benzene rings is 2. The number of carbonyl (C=O) groups is 2. The lowest BCUT2D eigenvalue weighted by Crippen LogP contribution is -2.43. The van der Waals surface area contributed by atoms with E-state index in [1.54, 1.807) is 24.0 Å². The summed E-state index contributed by atoms with van der Waals surface area (Å²) in [6, 6.07) is 13.7. The Kier molecular flexibility index (Phi) is 5.87. The Bertz CT molecular complexity index is 897. The first-order chi connectivity index (χ1) is 13.1. The lowest BCUT2D eigenvalue weighted by atomic mass is 9.96. The first-order valence-corrected chi connectivity index (χ1v) is 8.95. The summed E-state index contributed by atoms with van der Waals surface area (Å²) in [7, 11) is 0. The zero-order valence-electron chi connectivity index (χ0n) is 15.2. The second-order valence-electron chi connectivity index (χ2n) is 6.54. The molecule has 1 N–H and O–H groups in total. The van der Waals surface area contributed by atoms with Crippen molar-refractivity contribution in [2.75, 3.05) is 18.4 Å². The normalized spacial score (nSPS) is 16.2. The highest BCUT2D eigenvalue weighted by molar-refractivity contribution is 5.96. The molecule has 0 saturated carbocycles. The molecule has 0 radical (unpaired) electrons. The first-order valence-electron chi connectivity index (χ1n) is 8.95. The van der Waals surface area contributed by atoms with Gasteiger partial charge in [-0.15, -0.1) is 0 Å². The third-order valence-electron chi connectivity index (χ3n) is 4.62. The van der Waals surface area contributed by atoms with Gasteiger partial charge in [-0.2, -0.15) is 0 Å². The van der Waals surface area contributed by atoms with Crippen molar-refractivity contribution in [2.24, 2.45) is 5.92 Å². The van der Waals surface area contributed by atoms with E-state index < -0.39 is 0 Å². The molecule has 1 fully saturated rings. The summed E-state index contributed by atoms with van der Waals surface area (Å²) in [4.78, 5) is 26.2. The molecule has 2 aromatic carbocycles. The minimum absolute atomic E-state index is 0.104. The van der Waals surface area contributed by atoms with Crippen molar-refractivity contribution in [3.63, 3.8) is 0 Å². The molecule has 1 aliphatic heterocycles. The highest BCUT2D eigenvalue weighted by atomic mass is 19.1. The van der Waals surface area contributed by atoms with Crippen LogP contribution in [0.3, 0.4) is 0 Å². The fraction of sp³-hybridized carbons (Fsp3) is 0.273. The number of piperidine rings is 1. The highest BCUT2D eigenvalue weighted by Gasteiger charge is 2.27. The molecule has 1 aliphatic rings. The van der Waals surface area contributed by atoms with Crippen LogP contribution in [0.1, 0.15) is 19.8 Å². The SMILES string of the molecule is CC#CC(=O)N1CCC[C@@H](C(=O)Nc2cccc(-c3ccc(F)cc3)c2)C1. The van der Waals surface area contributed by atoms with E-state index in [9.17, 15) is 14.0 Å². The average molecular weight is 364 g/mol. The summed E-state index contributed by atoms with van der Waals surface area (Å²) in [6.45, 7) is 2.65. The molecular formula is C22H21FN2O2. The van der Waals surface area contributed by atoms with E-state index in [1.165, 1.54) is 12.1 Å². The Labute approximate surface area is 158 Å². The maximum absolute atomic E-state index is 13.1. The largest absolute Gasteiger partial charge is 0.331 e. The van der Waals surface area contributed by atoms with Crippen LogP contribution in [0.2, 0.25) is 0 Å². The van der Waals surface area contributed by atoms with Crippen LogP contribution in [0.25, 0.3) is 11.1 Å². The van der Waals surface area contributed by atoms with Crippen molar-refractivity contribution in [3.8, 4) is 23.0 Å². The van der Waals surface area contributed by atoms with Gasteiger partial charge in [-0.05, 0) is 61.1 Å². The third-order valence-corrected chi connectivity index (χ3v) is 4.62. The lowest BCUT2D eigenvalue weighted by molar-refractivity contribution is -0.129. The van der Waals surface area contributed by atoms with Gasteiger partial charge in [0.15, 0.2) is 0 Å². The van der Waals surface area contributed by atoms with E-state index in [4.69, 9.17) is 0 Å². The third kappa shape index (κ3) is 4.73. The van der Waals surface area contributed by atoms with Crippen molar-refractivity contribution in [1.82, 2.24) is 4.90 Å². The maximum Gasteiger partial charge on any atom is 0.298 e. The summed E-state index contributed by atoms with van der Waals surface area (Å²) in [5.74, 6) is 4.27. The molecule has 5 heteroatoms. The lowest BCUT2D eigenvalue weighted by Gasteiger charge is -2.30. The van der Waals surface area contributed by atoms with Gasteiger partial charge >= 0.3 is 0 Å². The predicted molar refractivity (Wildman–Crippen MR) is 103 cm³/mol. The van der Waals surface area contributed by atoms with E-state index in [0.717, 1.165) is 24.0 Å². The van der Waals surface area contributed by atoms with E-state index in [-0.39, 0.29) is 23.5 Å². The average Bonchev–Trinajstić information content (AvgIpc) is 2.69. The van der Waals surface area contributed by atoms with Gasteiger partial charge in [0.25, 0.3) is 5.91 Å². The number of rotatable bonds is 3. The Morgan fingerprint density at radius 3 is 2.67 bits per heavy atom. The van der Waals surface area contributed by atoms with Crippen LogP contribution >= 0.6 is 0 Å². The molecule has 2 aromatic rings. The number of hydrogen-bond acceptors (Lipinski definition) is 2. The molecule has 0 spiro atoms. The van der Waals surface area contributed by atoms with Gasteiger partial charge in [0.05, 0.1) is 5.92 Å². The van der Waals surface area contributed by atoms with Gasteiger partial charge in [0, 0.05) is 18.8 Å². The van der Waals surface area contributed by atoms with Crippen LogP contribution in [0, 0.1) is 23.6 Å². The predicted octanol–water partition coefficient (Wildman–Crippen LogP) is 3.69. The van der Waals surface area contributed by atoms with Gasteiger partial charge in [-0.25, -0.2) is 4.39 Å². The molecule has 1 saturated heterocycles. The van der Waals surface area contributed by atoms with Crippen molar-refractivity contribution in [3.05, 3.63) is 54.3 Å². The molecule has 0 bridgehead atoms. The zero-order valence-corrected chi connectivity index (χ0v) is 15.2. The first kappa shape index (κ1) is 18.7. The second-order valence-corrected chi connectivity index (χ2v) is 6.54. The standard InChI is InChI=1S/C22H21FN2O2/c1-2-5-21(26)25-13-4-7-18(15-25)22(27)24-20-8-3-6-17(14-20)16-9-11-19(23)12-10-16/h3,6,8-12,14,18H,4,7,13,15H2,1H3,(H,24,27)/t18-/m1/s1. The Morgan fingerprint density at radius 2 is 1.93 bits per heavy atom. The van der Waals surface area contributed by atoms with E-state index in [1.807, 2.05) is 24.3 Å². The molecule has 1 heterocycles. The quantitative estimate of drug-likeness (QED) is 0.845. The summed E-state index contributed by atoms with van der Waals surface area (Å²) >= 11 is 0. The number of halogens is 1. The van der Waals surface area contributed by atoms with Crippen LogP contribution in [0.15, 0.2) is 48.5 Å². The Hall–Kier alpha value is -3.13. The summed E-state index contributed by atoms with van der Waals surface area (Å²) in [5, 5.41) is 2.94. The zero-order chi connectivity index (χ0) is 19.2. The van der Waals surface area contributed by atoms with E-state index in [0.29, 0.717) is 18.8 Å². The summed E-state index contributed by atoms with van der Waals surface area (Å²) < 4.78 is 13.1. The van der Waals surface area contributed by atoms with Gasteiger partial charge in [0.1, 0.15) is 5.82 Å². The van der Waals surface area contributed by atoms with Crippen LogP contribution in [0.4, 0.5) is 10.1 Å². The molecule has 0 unspecified atom stereocenters. The van der Waals surface area contributed by atoms with Gasteiger partial charge < -0.3 is 10.2 Å². The van der Waals surface area contributed by atoms with Crippen molar-refractivity contribution in [1.29, 1.82) is 0 Å². The molecule has 1 atom stereocenters. The minimum atomic E-state index is -0.285. The molecule has 4 nitrogen and oxygen atoms in total. The molecule has 2 amide bonds. The van der Waals surface area contributed by atoms with Crippen LogP contribution in [-0.2, 0) is 9.59 Å². The van der Waals surface area contributed by atoms with Gasteiger partial charge in [0.2, 0.25) is 5.91 Å². The van der Waals surface area contributed by atoms with Crippen molar-refractivity contribution in [2.45, 2.75) is 19.8 Å². The molecule has 0 aliphatic carbocycles. The second kappa shape index (κ2) is 8.50. The minimum Gasteiger partial charge on any atom is -0.331 e. The monoisotopic (exact) mass is 364 g/mol. The number of amides is 2. The Morgan fingerprint density at radius 1 is 1.15 bits per heavy atom. The molecule has 138 valence electrons. The number of hydrogen-bond donors (Lipinski definition) is 1. The van der Waals surface area contributed by atoms with Crippen LogP contribution in [-0.4, -0.2) is 29.8 Å². The number of likely N-dealkylation sites (tertiary alicyclic amines) is 1. The summed E-state index contributed by atoms with van der Waals surface area (Å²) in [6.07, 6.45) is 1.53. The molecular weight excluding hydrogens is 343 g/mol. The van der Waals surface area contributed by atoms with E-state index in [2.05, 4.69) is 17.2 Å². The number of nitrogens with zero attached hydrogens (tertiary/aromatic N) is 1. The molecule has 3 rings (SSSR count). The van der Waals surface area contributed by atoms with Crippen molar-refractivity contribution < 1.29 is 14.0 Å². The van der Waals surface area contributed by atoms with E-state index >= 15 is 0 Å². The highest BCUT2D eigenvalue weighted by Crippen LogP contribution is 2.24. The molecule has 0 aromatic heterocycles. The fourth-order valence-corrected chi connectivity index (χ4v) is 3.22. The van der Waals surface area contributed by atoms with Crippen LogP contribution < -0.4 is 5.32 Å². The Balaban J connectivity index is 1.68. The fourth-order valence-electron chi connectivity index (χ4n) is 3.22. The smallest absolute Gasteiger partial charge is 0.298 e. The van der Waals surface area contributed by atoms with Gasteiger partial charge in [-0.1, -0.05) is 30.2 Å². The number of nitrogens with one attached hydrogen (secondary N) is 1. The topological polar surface area (TPSA) is 49.4 Å². The number of carbonyl (C=O) groups excluding carboxylic acids is 2. The van der Waals surface area contributed by atoms with Gasteiger partial charge in [-0.3, -0.25) is 9.59 Å². The number of anilines is 1. The van der Waals surface area contributed by atoms with Crippen molar-refractivity contribution >= 4 is 17.5 Å². The summed E-state index contributed by atoms with van der Waals surface area (Å²) in [5.41, 5.74) is 2.45. The molecule has 27 heavy (non-hydrogen) atoms.